The highest BCUT2D eigenvalue weighted by Gasteiger charge is 2.40. The number of rotatable bonds is 0. The minimum atomic E-state index is 0.454. The predicted molar refractivity (Wildman–Crippen MR) is 52.5 cm³/mol. The van der Waals surface area contributed by atoms with Crippen molar-refractivity contribution in [1.82, 2.24) is 0 Å². The minimum absolute atomic E-state index is 0.454. The van der Waals surface area contributed by atoms with Crippen molar-refractivity contribution in [3.05, 3.63) is 0 Å². The van der Waals surface area contributed by atoms with Crippen LogP contribution in [0.15, 0.2) is 0 Å². The fourth-order valence-corrected chi connectivity index (χ4v) is 4.26. The summed E-state index contributed by atoms with van der Waals surface area (Å²) in [4.78, 5) is 0. The van der Waals surface area contributed by atoms with Gasteiger partial charge in [-0.05, 0) is 25.7 Å². The Morgan fingerprint density at radius 1 is 1.10 bits per heavy atom. The average Bonchev–Trinajstić information content (AvgIpc) is 1.77. The third-order valence-electron chi connectivity index (χ3n) is 2.71. The molecule has 1 aliphatic rings. The summed E-state index contributed by atoms with van der Waals surface area (Å²) in [5, 5.41) is 0. The Bertz CT molecular complexity index is 111. The van der Waals surface area contributed by atoms with Crippen molar-refractivity contribution >= 4 is 21.6 Å². The highest BCUT2D eigenvalue weighted by Crippen LogP contribution is 2.53. The molecule has 60 valence electrons. The van der Waals surface area contributed by atoms with Crippen molar-refractivity contribution in [1.29, 1.82) is 0 Å². The van der Waals surface area contributed by atoms with E-state index < -0.39 is 0 Å². The van der Waals surface area contributed by atoms with E-state index in [1.54, 1.807) is 0 Å². The molecule has 2 heteroatoms. The van der Waals surface area contributed by atoms with E-state index in [1.807, 2.05) is 21.6 Å². The molecule has 0 atom stereocenters. The first-order valence-corrected chi connectivity index (χ1v) is 6.08. The molecule has 0 nitrogen and oxygen atoms in total. The van der Waals surface area contributed by atoms with Gasteiger partial charge in [-0.25, -0.2) is 0 Å². The molecule has 0 aromatic carbocycles. The third-order valence-corrected chi connectivity index (χ3v) is 6.27. The third kappa shape index (κ3) is 1.48. The molecular weight excluding hydrogens is 160 g/mol. The topological polar surface area (TPSA) is 0 Å². The molecule has 0 amide bonds. The zero-order valence-electron chi connectivity index (χ0n) is 7.23. The van der Waals surface area contributed by atoms with Crippen molar-refractivity contribution in [3.63, 3.8) is 0 Å². The van der Waals surface area contributed by atoms with E-state index in [9.17, 15) is 0 Å². The Balaban J connectivity index is 2.70. The lowest BCUT2D eigenvalue weighted by Crippen LogP contribution is -2.38. The van der Waals surface area contributed by atoms with Gasteiger partial charge in [0, 0.05) is 10.5 Å². The molecule has 10 heavy (non-hydrogen) atoms. The van der Waals surface area contributed by atoms with Crippen LogP contribution in [0.2, 0.25) is 0 Å². The maximum atomic E-state index is 2.37. The highest BCUT2D eigenvalue weighted by atomic mass is 33.1. The van der Waals surface area contributed by atoms with Crippen LogP contribution < -0.4 is 0 Å². The molecule has 0 aromatic rings. The molecular formula is C8H16S2. The first kappa shape index (κ1) is 8.79. The smallest absolute Gasteiger partial charge is 0.0258 e. The average molecular weight is 176 g/mol. The zero-order valence-corrected chi connectivity index (χ0v) is 8.86. The first-order valence-electron chi connectivity index (χ1n) is 3.76. The van der Waals surface area contributed by atoms with Gasteiger partial charge in [0.1, 0.15) is 0 Å². The summed E-state index contributed by atoms with van der Waals surface area (Å²) in [7, 11) is 4.06. The SMILES string of the molecule is CC1(C)CCSSC1(C)C. The first-order chi connectivity index (χ1) is 4.46. The van der Waals surface area contributed by atoms with Crippen LogP contribution in [-0.4, -0.2) is 10.5 Å². The summed E-state index contributed by atoms with van der Waals surface area (Å²) in [6.07, 6.45) is 1.36. The van der Waals surface area contributed by atoms with Gasteiger partial charge in [0.05, 0.1) is 0 Å². The van der Waals surface area contributed by atoms with Gasteiger partial charge in [-0.2, -0.15) is 0 Å². The van der Waals surface area contributed by atoms with E-state index in [4.69, 9.17) is 0 Å². The lowest BCUT2D eigenvalue weighted by Gasteiger charge is -2.44. The van der Waals surface area contributed by atoms with E-state index in [-0.39, 0.29) is 0 Å². The zero-order chi connectivity index (χ0) is 7.83. The van der Waals surface area contributed by atoms with Crippen LogP contribution in [0.25, 0.3) is 0 Å². The molecule has 0 spiro atoms. The fourth-order valence-electron chi connectivity index (χ4n) is 0.900. The van der Waals surface area contributed by atoms with Crippen LogP contribution in [0, 0.1) is 5.41 Å². The standard InChI is InChI=1S/C8H16S2/c1-7(2)5-6-9-10-8(7,3)4/h5-6H2,1-4H3. The lowest BCUT2D eigenvalue weighted by atomic mass is 9.78. The van der Waals surface area contributed by atoms with Gasteiger partial charge in [-0.1, -0.05) is 35.4 Å². The Morgan fingerprint density at radius 2 is 1.70 bits per heavy atom. The Morgan fingerprint density at radius 3 is 2.00 bits per heavy atom. The maximum Gasteiger partial charge on any atom is 0.0258 e. The van der Waals surface area contributed by atoms with E-state index in [2.05, 4.69) is 27.7 Å². The highest BCUT2D eigenvalue weighted by molar-refractivity contribution is 8.77. The largest absolute Gasteiger partial charge is 0.0936 e. The molecule has 0 saturated carbocycles. The van der Waals surface area contributed by atoms with Crippen LogP contribution >= 0.6 is 21.6 Å². The summed E-state index contributed by atoms with van der Waals surface area (Å²) in [5.41, 5.74) is 0.517. The van der Waals surface area contributed by atoms with E-state index in [1.165, 1.54) is 12.2 Å². The number of hydrogen-bond acceptors (Lipinski definition) is 2. The van der Waals surface area contributed by atoms with E-state index in [0.717, 1.165) is 0 Å². The molecule has 0 aliphatic carbocycles. The second-order valence-corrected chi connectivity index (χ2v) is 7.09. The van der Waals surface area contributed by atoms with Gasteiger partial charge in [0.15, 0.2) is 0 Å². The van der Waals surface area contributed by atoms with Crippen molar-refractivity contribution in [2.75, 3.05) is 5.75 Å². The van der Waals surface area contributed by atoms with Gasteiger partial charge >= 0.3 is 0 Å². The molecule has 1 fully saturated rings. The van der Waals surface area contributed by atoms with Crippen LogP contribution in [0.1, 0.15) is 34.1 Å². The van der Waals surface area contributed by atoms with Gasteiger partial charge in [-0.3, -0.25) is 0 Å². The van der Waals surface area contributed by atoms with Gasteiger partial charge in [0.2, 0.25) is 0 Å². The predicted octanol–water partition coefficient (Wildman–Crippen LogP) is 3.58. The normalized spacial score (nSPS) is 30.0. The molecule has 0 bridgehead atoms. The minimum Gasteiger partial charge on any atom is -0.0936 e. The molecule has 1 saturated heterocycles. The molecule has 0 aromatic heterocycles. The summed E-state index contributed by atoms with van der Waals surface area (Å²) < 4.78 is 0.454. The summed E-state index contributed by atoms with van der Waals surface area (Å²) in [6, 6.07) is 0. The van der Waals surface area contributed by atoms with Crippen molar-refractivity contribution in [2.24, 2.45) is 5.41 Å². The molecule has 0 unspecified atom stereocenters. The molecule has 1 aliphatic heterocycles. The van der Waals surface area contributed by atoms with Gasteiger partial charge in [0.25, 0.3) is 0 Å². The van der Waals surface area contributed by atoms with Gasteiger partial charge < -0.3 is 0 Å². The Hall–Kier alpha value is 0.700. The van der Waals surface area contributed by atoms with Crippen molar-refractivity contribution in [3.8, 4) is 0 Å². The summed E-state index contributed by atoms with van der Waals surface area (Å²) in [5.74, 6) is 1.32. The van der Waals surface area contributed by atoms with E-state index in [0.29, 0.717) is 10.2 Å². The Kier molecular flexibility index (Phi) is 2.31. The Labute approximate surface area is 71.9 Å². The number of hydrogen-bond donors (Lipinski definition) is 0. The molecule has 1 rings (SSSR count). The van der Waals surface area contributed by atoms with E-state index >= 15 is 0 Å². The van der Waals surface area contributed by atoms with Crippen molar-refractivity contribution in [2.45, 2.75) is 38.9 Å². The monoisotopic (exact) mass is 176 g/mol. The lowest BCUT2D eigenvalue weighted by molar-refractivity contribution is 0.274. The van der Waals surface area contributed by atoms with Crippen LogP contribution in [0.3, 0.4) is 0 Å². The van der Waals surface area contributed by atoms with Crippen molar-refractivity contribution < 1.29 is 0 Å². The molecule has 0 N–H and O–H groups in total. The van der Waals surface area contributed by atoms with Gasteiger partial charge in [-0.15, -0.1) is 0 Å². The summed E-state index contributed by atoms with van der Waals surface area (Å²) >= 11 is 0. The second kappa shape index (κ2) is 2.63. The maximum absolute atomic E-state index is 2.37. The molecule has 0 radical (unpaired) electrons. The van der Waals surface area contributed by atoms with Crippen LogP contribution in [-0.2, 0) is 0 Å². The molecule has 1 heterocycles. The quantitative estimate of drug-likeness (QED) is 0.517. The van der Waals surface area contributed by atoms with Crippen LogP contribution in [0.5, 0.6) is 0 Å². The summed E-state index contributed by atoms with van der Waals surface area (Å²) in [6.45, 7) is 9.45. The van der Waals surface area contributed by atoms with Crippen LogP contribution in [0.4, 0.5) is 0 Å². The fraction of sp³-hybridized carbons (Fsp3) is 1.00. The second-order valence-electron chi connectivity index (χ2n) is 4.05.